The van der Waals surface area contributed by atoms with E-state index in [0.717, 1.165) is 0 Å². The number of carboxylic acid groups (broad SMARTS) is 1. The Bertz CT molecular complexity index is 262. The third-order valence-electron chi connectivity index (χ3n) is 2.80. The summed E-state index contributed by atoms with van der Waals surface area (Å²) in [5.74, 6) is -1.62. The zero-order chi connectivity index (χ0) is 12.9. The minimum atomic E-state index is -0.877. The van der Waals surface area contributed by atoms with Gasteiger partial charge < -0.3 is 15.7 Å². The highest BCUT2D eigenvalue weighted by atomic mass is 16.4. The number of hydrogen-bond donors (Lipinski definition) is 3. The number of nitrogens with one attached hydrogen (secondary N) is 2. The number of likely N-dealkylation sites (N-methyl/N-ethyl adjacent to an activating group) is 1. The molecule has 0 rings (SSSR count). The first-order valence-electron chi connectivity index (χ1n) is 5.42. The fourth-order valence-corrected chi connectivity index (χ4v) is 1.15. The molecule has 0 heterocycles. The van der Waals surface area contributed by atoms with E-state index < -0.39 is 17.4 Å². The maximum Gasteiger partial charge on any atom is 0.308 e. The van der Waals surface area contributed by atoms with Crippen molar-refractivity contribution in [2.24, 2.45) is 11.8 Å². The average molecular weight is 230 g/mol. The molecular weight excluding hydrogens is 208 g/mol. The Hall–Kier alpha value is -1.10. The Kier molecular flexibility index (Phi) is 5.44. The topological polar surface area (TPSA) is 78.4 Å². The van der Waals surface area contributed by atoms with Crippen LogP contribution in [-0.4, -0.2) is 36.1 Å². The first-order valence-corrected chi connectivity index (χ1v) is 5.42. The second kappa shape index (κ2) is 5.84. The van der Waals surface area contributed by atoms with Crippen molar-refractivity contribution in [1.82, 2.24) is 10.6 Å². The summed E-state index contributed by atoms with van der Waals surface area (Å²) in [5, 5.41) is 14.5. The Morgan fingerprint density at radius 2 is 1.81 bits per heavy atom. The molecule has 0 saturated heterocycles. The lowest BCUT2D eigenvalue weighted by molar-refractivity contribution is -0.143. The van der Waals surface area contributed by atoms with Gasteiger partial charge in [-0.25, -0.2) is 0 Å². The average Bonchev–Trinajstić information content (AvgIpc) is 2.16. The van der Waals surface area contributed by atoms with Gasteiger partial charge in [-0.3, -0.25) is 9.59 Å². The number of rotatable bonds is 6. The van der Waals surface area contributed by atoms with Crippen molar-refractivity contribution >= 4 is 11.9 Å². The summed E-state index contributed by atoms with van der Waals surface area (Å²) in [6, 6.07) is 0. The van der Waals surface area contributed by atoms with Gasteiger partial charge in [-0.1, -0.05) is 13.8 Å². The van der Waals surface area contributed by atoms with Gasteiger partial charge >= 0.3 is 5.97 Å². The van der Waals surface area contributed by atoms with Crippen LogP contribution in [0.1, 0.15) is 27.7 Å². The predicted octanol–water partition coefficient (Wildman–Crippen LogP) is 0.457. The van der Waals surface area contributed by atoms with E-state index in [4.69, 9.17) is 5.11 Å². The van der Waals surface area contributed by atoms with Crippen LogP contribution in [0, 0.1) is 11.8 Å². The fraction of sp³-hybridized carbons (Fsp3) is 0.818. The molecule has 16 heavy (non-hydrogen) atoms. The van der Waals surface area contributed by atoms with Crippen LogP contribution < -0.4 is 10.6 Å². The van der Waals surface area contributed by atoms with Crippen molar-refractivity contribution < 1.29 is 14.7 Å². The Morgan fingerprint density at radius 3 is 2.12 bits per heavy atom. The van der Waals surface area contributed by atoms with E-state index in [0.29, 0.717) is 0 Å². The number of aliphatic carboxylic acids is 1. The van der Waals surface area contributed by atoms with Crippen molar-refractivity contribution in [3.05, 3.63) is 0 Å². The largest absolute Gasteiger partial charge is 0.481 e. The highest BCUT2D eigenvalue weighted by Gasteiger charge is 2.28. The molecular formula is C11H22N2O3. The number of carbonyl (C=O) groups excluding carboxylic acids is 1. The monoisotopic (exact) mass is 230 g/mol. The maximum atomic E-state index is 11.7. The predicted molar refractivity (Wildman–Crippen MR) is 62.1 cm³/mol. The van der Waals surface area contributed by atoms with Gasteiger partial charge in [0.2, 0.25) is 5.91 Å². The van der Waals surface area contributed by atoms with Gasteiger partial charge in [-0.2, -0.15) is 0 Å². The molecule has 1 amide bonds. The smallest absolute Gasteiger partial charge is 0.308 e. The molecule has 3 N–H and O–H groups in total. The summed E-state index contributed by atoms with van der Waals surface area (Å²) in [5.41, 5.74) is -0.681. The fourth-order valence-electron chi connectivity index (χ4n) is 1.15. The molecule has 5 heteroatoms. The molecule has 94 valence electrons. The van der Waals surface area contributed by atoms with E-state index >= 15 is 0 Å². The standard InChI is InChI=1S/C11H22N2O3/c1-7(2)8(9(14)15)6-13-10(16)11(3,4)12-5/h7-8,12H,6H2,1-5H3,(H,13,16)(H,14,15). The second-order valence-electron chi connectivity index (χ2n) is 4.77. The molecule has 0 saturated carbocycles. The van der Waals surface area contributed by atoms with E-state index in [2.05, 4.69) is 10.6 Å². The highest BCUT2D eigenvalue weighted by Crippen LogP contribution is 2.10. The van der Waals surface area contributed by atoms with Crippen LogP contribution in [0.5, 0.6) is 0 Å². The van der Waals surface area contributed by atoms with Crippen LogP contribution in [0.15, 0.2) is 0 Å². The second-order valence-corrected chi connectivity index (χ2v) is 4.77. The van der Waals surface area contributed by atoms with Crippen molar-refractivity contribution in [2.45, 2.75) is 33.2 Å². The molecule has 0 spiro atoms. The normalized spacial score (nSPS) is 13.6. The van der Waals surface area contributed by atoms with Gasteiger partial charge in [-0.05, 0) is 26.8 Å². The summed E-state index contributed by atoms with van der Waals surface area (Å²) in [6.45, 7) is 7.31. The van der Waals surface area contributed by atoms with Gasteiger partial charge in [-0.15, -0.1) is 0 Å². The third kappa shape index (κ3) is 4.18. The molecule has 0 aliphatic carbocycles. The number of carbonyl (C=O) groups is 2. The molecule has 1 atom stereocenters. The van der Waals surface area contributed by atoms with Crippen molar-refractivity contribution in [2.75, 3.05) is 13.6 Å². The van der Waals surface area contributed by atoms with Gasteiger partial charge in [0.25, 0.3) is 0 Å². The lowest BCUT2D eigenvalue weighted by Crippen LogP contribution is -2.52. The number of amides is 1. The minimum Gasteiger partial charge on any atom is -0.481 e. The van der Waals surface area contributed by atoms with E-state index in [1.165, 1.54) is 0 Å². The lowest BCUT2D eigenvalue weighted by Gasteiger charge is -2.24. The van der Waals surface area contributed by atoms with Crippen LogP contribution in [0.3, 0.4) is 0 Å². The molecule has 0 fully saturated rings. The summed E-state index contributed by atoms with van der Waals surface area (Å²) in [7, 11) is 1.69. The lowest BCUT2D eigenvalue weighted by atomic mass is 9.95. The number of carboxylic acids is 1. The Labute approximate surface area is 96.6 Å². The Balaban J connectivity index is 4.33. The molecule has 1 unspecified atom stereocenters. The van der Waals surface area contributed by atoms with E-state index in [1.54, 1.807) is 20.9 Å². The molecule has 5 nitrogen and oxygen atoms in total. The van der Waals surface area contributed by atoms with Gasteiger partial charge in [0, 0.05) is 6.54 Å². The molecule has 0 aliphatic rings. The van der Waals surface area contributed by atoms with Crippen molar-refractivity contribution in [3.8, 4) is 0 Å². The van der Waals surface area contributed by atoms with Crippen LogP contribution in [0.2, 0.25) is 0 Å². The van der Waals surface area contributed by atoms with Gasteiger partial charge in [0.15, 0.2) is 0 Å². The zero-order valence-electron chi connectivity index (χ0n) is 10.6. The summed E-state index contributed by atoms with van der Waals surface area (Å²) in [4.78, 5) is 22.6. The molecule has 0 aromatic carbocycles. The van der Waals surface area contributed by atoms with E-state index in [9.17, 15) is 9.59 Å². The molecule has 0 aliphatic heterocycles. The first-order chi connectivity index (χ1) is 7.22. The van der Waals surface area contributed by atoms with Crippen LogP contribution in [0.25, 0.3) is 0 Å². The quantitative estimate of drug-likeness (QED) is 0.619. The van der Waals surface area contributed by atoms with Crippen LogP contribution >= 0.6 is 0 Å². The minimum absolute atomic E-state index is 0.00417. The summed E-state index contributed by atoms with van der Waals surface area (Å²) < 4.78 is 0. The zero-order valence-corrected chi connectivity index (χ0v) is 10.6. The van der Waals surface area contributed by atoms with E-state index in [-0.39, 0.29) is 18.4 Å². The number of hydrogen-bond acceptors (Lipinski definition) is 3. The molecule has 0 aromatic heterocycles. The maximum absolute atomic E-state index is 11.7. The molecule has 0 bridgehead atoms. The van der Waals surface area contributed by atoms with Gasteiger partial charge in [0.1, 0.15) is 0 Å². The van der Waals surface area contributed by atoms with Crippen molar-refractivity contribution in [1.29, 1.82) is 0 Å². The first kappa shape index (κ1) is 14.9. The van der Waals surface area contributed by atoms with Gasteiger partial charge in [0.05, 0.1) is 11.5 Å². The molecule has 0 aromatic rings. The highest BCUT2D eigenvalue weighted by molar-refractivity contribution is 5.85. The SMILES string of the molecule is CNC(C)(C)C(=O)NCC(C(=O)O)C(C)C. The summed E-state index contributed by atoms with van der Waals surface area (Å²) in [6.07, 6.45) is 0. The van der Waals surface area contributed by atoms with E-state index in [1.807, 2.05) is 13.8 Å². The summed E-state index contributed by atoms with van der Waals surface area (Å²) >= 11 is 0. The third-order valence-corrected chi connectivity index (χ3v) is 2.80. The molecule has 0 radical (unpaired) electrons. The van der Waals surface area contributed by atoms with Crippen LogP contribution in [-0.2, 0) is 9.59 Å². The van der Waals surface area contributed by atoms with Crippen LogP contribution in [0.4, 0.5) is 0 Å². The Morgan fingerprint density at radius 1 is 1.31 bits per heavy atom. The van der Waals surface area contributed by atoms with Crippen molar-refractivity contribution in [3.63, 3.8) is 0 Å².